The van der Waals surface area contributed by atoms with Crippen molar-refractivity contribution in [3.8, 4) is 0 Å². The molecule has 0 atom stereocenters. The fourth-order valence-electron chi connectivity index (χ4n) is 1.64. The zero-order valence-electron chi connectivity index (χ0n) is 10.8. The van der Waals surface area contributed by atoms with Crippen molar-refractivity contribution in [1.29, 1.82) is 0 Å². The summed E-state index contributed by atoms with van der Waals surface area (Å²) in [6, 6.07) is 0. The molecule has 1 amide bonds. The van der Waals surface area contributed by atoms with E-state index in [-0.39, 0.29) is 6.09 Å². The van der Waals surface area contributed by atoms with Crippen LogP contribution in [0.4, 0.5) is 4.79 Å². The Balaban J connectivity index is 2.62. The van der Waals surface area contributed by atoms with Gasteiger partial charge >= 0.3 is 6.09 Å². The van der Waals surface area contributed by atoms with Crippen LogP contribution in [0.1, 0.15) is 47.5 Å². The van der Waals surface area contributed by atoms with Crippen LogP contribution in [0, 0.1) is 0 Å². The second-order valence-corrected chi connectivity index (χ2v) is 5.28. The van der Waals surface area contributed by atoms with Gasteiger partial charge in [0.05, 0.1) is 0 Å². The summed E-state index contributed by atoms with van der Waals surface area (Å²) in [4.78, 5) is 11.6. The summed E-state index contributed by atoms with van der Waals surface area (Å²) in [6.07, 6.45) is 3.63. The highest BCUT2D eigenvalue weighted by Crippen LogP contribution is 2.21. The van der Waals surface area contributed by atoms with Gasteiger partial charge in [0.1, 0.15) is 5.60 Å². The number of ether oxygens (including phenoxy) is 1. The molecule has 0 aliphatic heterocycles. The number of amides is 1. The number of hydrogen-bond donors (Lipinski definition) is 1. The van der Waals surface area contributed by atoms with Gasteiger partial charge in [0.2, 0.25) is 0 Å². The molecule has 1 N–H and O–H groups in total. The maximum absolute atomic E-state index is 11.6. The fraction of sp³-hybridized carbons (Fsp3) is 0.615. The van der Waals surface area contributed by atoms with Gasteiger partial charge < -0.3 is 4.74 Å². The zero-order valence-corrected chi connectivity index (χ0v) is 10.8. The number of rotatable bonds is 1. The number of hydrogen-bond acceptors (Lipinski definition) is 2. The average Bonchev–Trinajstić information content (AvgIpc) is 2.06. The molecule has 16 heavy (non-hydrogen) atoms. The van der Waals surface area contributed by atoms with E-state index in [1.54, 1.807) is 0 Å². The lowest BCUT2D eigenvalue weighted by Gasteiger charge is -2.22. The first-order chi connectivity index (χ1) is 7.28. The lowest BCUT2D eigenvalue weighted by molar-refractivity contribution is 0.0543. The first-order valence-corrected chi connectivity index (χ1v) is 5.65. The van der Waals surface area contributed by atoms with Crippen LogP contribution in [-0.2, 0) is 4.74 Å². The zero-order chi connectivity index (χ0) is 12.3. The predicted molar refractivity (Wildman–Crippen MR) is 65.1 cm³/mol. The molecule has 1 aliphatic rings. The van der Waals surface area contributed by atoms with E-state index in [4.69, 9.17) is 4.74 Å². The third-order valence-corrected chi connectivity index (χ3v) is 2.36. The Morgan fingerprint density at radius 2 is 1.94 bits per heavy atom. The lowest BCUT2D eigenvalue weighted by Crippen LogP contribution is -2.32. The molecular formula is C13H21NO2. The summed E-state index contributed by atoms with van der Waals surface area (Å²) in [5.74, 6) is 0. The molecule has 90 valence electrons. The third kappa shape index (κ3) is 4.09. The van der Waals surface area contributed by atoms with Crippen LogP contribution in [0.2, 0.25) is 0 Å². The molecular weight excluding hydrogens is 202 g/mol. The summed E-state index contributed by atoms with van der Waals surface area (Å²) in [7, 11) is 0. The van der Waals surface area contributed by atoms with Crippen molar-refractivity contribution in [3.05, 3.63) is 22.9 Å². The van der Waals surface area contributed by atoms with Crippen LogP contribution in [-0.4, -0.2) is 11.7 Å². The van der Waals surface area contributed by atoms with Crippen molar-refractivity contribution >= 4 is 6.09 Å². The molecule has 0 saturated carbocycles. The number of allylic oxidation sites excluding steroid dienone is 4. The van der Waals surface area contributed by atoms with Crippen LogP contribution >= 0.6 is 0 Å². The Kier molecular flexibility index (Phi) is 3.79. The Hall–Kier alpha value is -1.25. The number of carbonyl (C=O) groups is 1. The minimum Gasteiger partial charge on any atom is -0.444 e. The summed E-state index contributed by atoms with van der Waals surface area (Å²) < 4.78 is 5.21. The largest absolute Gasteiger partial charge is 0.444 e. The fourth-order valence-corrected chi connectivity index (χ4v) is 1.64. The molecule has 0 fully saturated rings. The van der Waals surface area contributed by atoms with E-state index in [0.717, 1.165) is 24.1 Å². The van der Waals surface area contributed by atoms with Crippen molar-refractivity contribution in [2.75, 3.05) is 0 Å². The van der Waals surface area contributed by atoms with Gasteiger partial charge in [-0.3, -0.25) is 5.32 Å². The summed E-state index contributed by atoms with van der Waals surface area (Å²) in [5.41, 5.74) is 3.00. The van der Waals surface area contributed by atoms with Crippen LogP contribution in [0.25, 0.3) is 0 Å². The number of nitrogens with one attached hydrogen (secondary N) is 1. The van der Waals surface area contributed by atoms with Crippen molar-refractivity contribution < 1.29 is 9.53 Å². The van der Waals surface area contributed by atoms with Gasteiger partial charge in [-0.15, -0.1) is 0 Å². The van der Waals surface area contributed by atoms with Gasteiger partial charge in [-0.1, -0.05) is 11.6 Å². The van der Waals surface area contributed by atoms with Crippen LogP contribution in [0.15, 0.2) is 22.9 Å². The number of carbonyl (C=O) groups excluding carboxylic acids is 1. The molecule has 0 aromatic heterocycles. The molecule has 0 aromatic carbocycles. The second-order valence-electron chi connectivity index (χ2n) is 5.28. The minimum atomic E-state index is -0.445. The Morgan fingerprint density at radius 1 is 1.31 bits per heavy atom. The summed E-state index contributed by atoms with van der Waals surface area (Å²) in [6.45, 7) is 9.69. The number of alkyl carbamates (subject to hydrolysis) is 1. The molecule has 3 heteroatoms. The highest BCUT2D eigenvalue weighted by atomic mass is 16.6. The highest BCUT2D eigenvalue weighted by molar-refractivity contribution is 5.70. The van der Waals surface area contributed by atoms with Gasteiger partial charge in [-0.2, -0.15) is 0 Å². The molecule has 3 nitrogen and oxygen atoms in total. The summed E-state index contributed by atoms with van der Waals surface area (Å²) in [5, 5.41) is 2.82. The quantitative estimate of drug-likeness (QED) is 0.738. The first-order valence-electron chi connectivity index (χ1n) is 5.65. The van der Waals surface area contributed by atoms with Crippen LogP contribution in [0.3, 0.4) is 0 Å². The van der Waals surface area contributed by atoms with E-state index < -0.39 is 5.60 Å². The smallest absolute Gasteiger partial charge is 0.411 e. The van der Waals surface area contributed by atoms with Gasteiger partial charge in [-0.25, -0.2) is 4.79 Å². The van der Waals surface area contributed by atoms with E-state index >= 15 is 0 Å². The molecule has 0 radical (unpaired) electrons. The Bertz CT molecular complexity index is 345. The van der Waals surface area contributed by atoms with Gasteiger partial charge in [0.15, 0.2) is 0 Å². The van der Waals surface area contributed by atoms with E-state index in [1.807, 2.05) is 27.7 Å². The van der Waals surface area contributed by atoms with Gasteiger partial charge in [0, 0.05) is 5.70 Å². The molecule has 0 saturated heterocycles. The second kappa shape index (κ2) is 4.73. The molecule has 1 rings (SSSR count). The predicted octanol–water partition coefficient (Wildman–Crippen LogP) is 3.53. The maximum atomic E-state index is 11.6. The normalized spacial score (nSPS) is 16.9. The Labute approximate surface area is 97.6 Å². The topological polar surface area (TPSA) is 38.3 Å². The van der Waals surface area contributed by atoms with Crippen molar-refractivity contribution in [2.45, 2.75) is 53.1 Å². The first kappa shape index (κ1) is 12.8. The van der Waals surface area contributed by atoms with Crippen LogP contribution in [0.5, 0.6) is 0 Å². The van der Waals surface area contributed by atoms with Crippen molar-refractivity contribution in [2.24, 2.45) is 0 Å². The van der Waals surface area contributed by atoms with E-state index in [2.05, 4.69) is 18.3 Å². The van der Waals surface area contributed by atoms with Crippen molar-refractivity contribution in [3.63, 3.8) is 0 Å². The van der Waals surface area contributed by atoms with Crippen molar-refractivity contribution in [1.82, 2.24) is 5.32 Å². The highest BCUT2D eigenvalue weighted by Gasteiger charge is 2.18. The SMILES string of the molecule is CC1=CC(C)=C(NC(=O)OC(C)(C)C)CC1. The molecule has 0 spiro atoms. The molecule has 1 aliphatic carbocycles. The van der Waals surface area contributed by atoms with E-state index in [1.165, 1.54) is 5.57 Å². The van der Waals surface area contributed by atoms with E-state index in [0.29, 0.717) is 0 Å². The molecule has 0 aromatic rings. The van der Waals surface area contributed by atoms with Crippen LogP contribution < -0.4 is 5.32 Å². The average molecular weight is 223 g/mol. The molecule has 0 unspecified atom stereocenters. The van der Waals surface area contributed by atoms with Gasteiger partial charge in [0.25, 0.3) is 0 Å². The molecule has 0 bridgehead atoms. The van der Waals surface area contributed by atoms with E-state index in [9.17, 15) is 4.79 Å². The minimum absolute atomic E-state index is 0.366. The maximum Gasteiger partial charge on any atom is 0.411 e. The summed E-state index contributed by atoms with van der Waals surface area (Å²) >= 11 is 0. The third-order valence-electron chi connectivity index (χ3n) is 2.36. The standard InChI is InChI=1S/C13H21NO2/c1-9-6-7-11(10(2)8-9)14-12(15)16-13(3,4)5/h8H,6-7H2,1-5H3,(H,14,15). The monoisotopic (exact) mass is 223 g/mol. The lowest BCUT2D eigenvalue weighted by atomic mass is 9.99. The van der Waals surface area contributed by atoms with Gasteiger partial charge in [-0.05, 0) is 53.0 Å². The molecule has 0 heterocycles. The Morgan fingerprint density at radius 3 is 2.44 bits per heavy atom.